The summed E-state index contributed by atoms with van der Waals surface area (Å²) in [6, 6.07) is 1.34. The summed E-state index contributed by atoms with van der Waals surface area (Å²) in [4.78, 5) is 4.21. The Morgan fingerprint density at radius 1 is 1.47 bits per heavy atom. The number of aryl methyl sites for hydroxylation is 2. The van der Waals surface area contributed by atoms with Gasteiger partial charge in [-0.25, -0.2) is 0 Å². The van der Waals surface area contributed by atoms with Crippen molar-refractivity contribution in [3.63, 3.8) is 0 Å². The van der Waals surface area contributed by atoms with Crippen LogP contribution in [-0.2, 0) is 13.5 Å². The van der Waals surface area contributed by atoms with Crippen molar-refractivity contribution in [1.82, 2.24) is 14.8 Å². The van der Waals surface area contributed by atoms with Crippen LogP contribution in [0.25, 0.3) is 0 Å². The first kappa shape index (κ1) is 14.8. The SMILES string of the molecule is Cc1nn(C)c(CC(N)c2ncc(Cl)cc2Cl)c1Br. The number of hydrogen-bond donors (Lipinski definition) is 1. The molecule has 2 rings (SSSR count). The fourth-order valence-electron chi connectivity index (χ4n) is 1.90. The third kappa shape index (κ3) is 3.11. The fraction of sp³-hybridized carbons (Fsp3) is 0.333. The molecule has 0 saturated heterocycles. The van der Waals surface area contributed by atoms with Crippen molar-refractivity contribution >= 4 is 39.1 Å². The van der Waals surface area contributed by atoms with Crippen LogP contribution < -0.4 is 5.73 Å². The second-order valence-corrected chi connectivity index (χ2v) is 5.94. The number of halogens is 3. The van der Waals surface area contributed by atoms with Crippen LogP contribution in [0.3, 0.4) is 0 Å². The fourth-order valence-corrected chi connectivity index (χ4v) is 2.92. The zero-order valence-corrected chi connectivity index (χ0v) is 13.6. The molecule has 0 radical (unpaired) electrons. The molecule has 0 aliphatic rings. The summed E-state index contributed by atoms with van der Waals surface area (Å²) >= 11 is 15.5. The third-order valence-corrected chi connectivity index (χ3v) is 4.40. The van der Waals surface area contributed by atoms with Crippen LogP contribution in [0.5, 0.6) is 0 Å². The van der Waals surface area contributed by atoms with Gasteiger partial charge in [0.15, 0.2) is 0 Å². The van der Waals surface area contributed by atoms with Crippen LogP contribution in [0.1, 0.15) is 23.1 Å². The minimum absolute atomic E-state index is 0.309. The van der Waals surface area contributed by atoms with Gasteiger partial charge in [0.1, 0.15) is 0 Å². The van der Waals surface area contributed by atoms with Crippen molar-refractivity contribution in [2.45, 2.75) is 19.4 Å². The van der Waals surface area contributed by atoms with Gasteiger partial charge in [0.25, 0.3) is 0 Å². The third-order valence-electron chi connectivity index (χ3n) is 2.86. The standard InChI is InChI=1S/C12H13BrCl2N4/c1-6-11(13)10(19(2)18-6)4-9(16)12-8(15)3-7(14)5-17-12/h3,5,9H,4,16H2,1-2H3. The Morgan fingerprint density at radius 3 is 2.68 bits per heavy atom. The Morgan fingerprint density at radius 2 is 2.16 bits per heavy atom. The van der Waals surface area contributed by atoms with E-state index in [1.54, 1.807) is 12.3 Å². The minimum Gasteiger partial charge on any atom is -0.322 e. The zero-order valence-electron chi connectivity index (χ0n) is 10.5. The lowest BCUT2D eigenvalue weighted by Gasteiger charge is -2.13. The van der Waals surface area contributed by atoms with Gasteiger partial charge in [-0.2, -0.15) is 5.10 Å². The van der Waals surface area contributed by atoms with Crippen LogP contribution in [0, 0.1) is 6.92 Å². The Labute approximate surface area is 130 Å². The lowest BCUT2D eigenvalue weighted by Crippen LogP contribution is -2.17. The monoisotopic (exact) mass is 362 g/mol. The molecule has 2 N–H and O–H groups in total. The average Bonchev–Trinajstić information content (AvgIpc) is 2.56. The summed E-state index contributed by atoms with van der Waals surface area (Å²) in [5.41, 5.74) is 8.75. The number of aromatic nitrogens is 3. The van der Waals surface area contributed by atoms with E-state index in [2.05, 4.69) is 26.0 Å². The molecule has 0 aromatic carbocycles. The Balaban J connectivity index is 2.28. The molecule has 7 heteroatoms. The van der Waals surface area contributed by atoms with Crippen molar-refractivity contribution in [2.75, 3.05) is 0 Å². The first-order chi connectivity index (χ1) is 8.90. The highest BCUT2D eigenvalue weighted by atomic mass is 79.9. The molecule has 0 aliphatic heterocycles. The van der Waals surface area contributed by atoms with E-state index in [0.717, 1.165) is 15.9 Å². The van der Waals surface area contributed by atoms with E-state index in [1.165, 1.54) is 0 Å². The number of rotatable bonds is 3. The van der Waals surface area contributed by atoms with Gasteiger partial charge in [-0.3, -0.25) is 9.67 Å². The predicted octanol–water partition coefficient (Wildman–Crippen LogP) is 3.44. The molecule has 0 bridgehead atoms. The van der Waals surface area contributed by atoms with Crippen LogP contribution in [0.15, 0.2) is 16.7 Å². The quantitative estimate of drug-likeness (QED) is 0.908. The molecular weight excluding hydrogens is 351 g/mol. The summed E-state index contributed by atoms with van der Waals surface area (Å²) in [6.07, 6.45) is 2.14. The van der Waals surface area contributed by atoms with Crippen molar-refractivity contribution in [3.05, 3.63) is 43.9 Å². The molecule has 0 fully saturated rings. The molecule has 2 aromatic heterocycles. The van der Waals surface area contributed by atoms with Crippen molar-refractivity contribution in [2.24, 2.45) is 12.8 Å². The van der Waals surface area contributed by atoms with Gasteiger partial charge in [0.05, 0.1) is 37.6 Å². The summed E-state index contributed by atoms with van der Waals surface area (Å²) in [7, 11) is 1.89. The highest BCUT2D eigenvalue weighted by Crippen LogP contribution is 2.28. The molecule has 0 saturated carbocycles. The van der Waals surface area contributed by atoms with Crippen molar-refractivity contribution in [3.8, 4) is 0 Å². The van der Waals surface area contributed by atoms with Crippen LogP contribution >= 0.6 is 39.1 Å². The average molecular weight is 364 g/mol. The first-order valence-corrected chi connectivity index (χ1v) is 7.19. The van der Waals surface area contributed by atoms with Gasteiger partial charge in [-0.05, 0) is 28.9 Å². The molecule has 2 heterocycles. The van der Waals surface area contributed by atoms with Gasteiger partial charge < -0.3 is 5.73 Å². The predicted molar refractivity (Wildman–Crippen MR) is 80.5 cm³/mol. The summed E-state index contributed by atoms with van der Waals surface area (Å²) < 4.78 is 2.78. The maximum absolute atomic E-state index is 6.17. The molecule has 1 atom stereocenters. The number of hydrogen-bond acceptors (Lipinski definition) is 3. The molecule has 0 amide bonds. The largest absolute Gasteiger partial charge is 0.322 e. The maximum Gasteiger partial charge on any atom is 0.0761 e. The molecule has 2 aromatic rings. The van der Waals surface area contributed by atoms with Crippen molar-refractivity contribution < 1.29 is 0 Å². The second-order valence-electron chi connectivity index (χ2n) is 4.30. The van der Waals surface area contributed by atoms with E-state index in [0.29, 0.717) is 22.2 Å². The molecular formula is C12H13BrCl2N4. The molecule has 19 heavy (non-hydrogen) atoms. The van der Waals surface area contributed by atoms with Gasteiger partial charge in [-0.1, -0.05) is 23.2 Å². The molecule has 0 spiro atoms. The molecule has 4 nitrogen and oxygen atoms in total. The van der Waals surface area contributed by atoms with Gasteiger partial charge in [0, 0.05) is 19.7 Å². The highest BCUT2D eigenvalue weighted by molar-refractivity contribution is 9.10. The second kappa shape index (κ2) is 5.79. The lowest BCUT2D eigenvalue weighted by molar-refractivity contribution is 0.627. The Kier molecular flexibility index (Phi) is 4.50. The van der Waals surface area contributed by atoms with E-state index in [1.807, 2.05) is 18.7 Å². The first-order valence-electron chi connectivity index (χ1n) is 5.64. The van der Waals surface area contributed by atoms with E-state index < -0.39 is 0 Å². The lowest BCUT2D eigenvalue weighted by atomic mass is 10.1. The summed E-state index contributed by atoms with van der Waals surface area (Å²) in [5.74, 6) is 0. The van der Waals surface area contributed by atoms with E-state index in [-0.39, 0.29) is 6.04 Å². The van der Waals surface area contributed by atoms with Crippen LogP contribution in [0.2, 0.25) is 10.0 Å². The summed E-state index contributed by atoms with van der Waals surface area (Å²) in [5, 5.41) is 5.31. The minimum atomic E-state index is -0.309. The number of pyridine rings is 1. The van der Waals surface area contributed by atoms with Gasteiger partial charge in [0.2, 0.25) is 0 Å². The zero-order chi connectivity index (χ0) is 14.2. The molecule has 1 unspecified atom stereocenters. The topological polar surface area (TPSA) is 56.7 Å². The van der Waals surface area contributed by atoms with Crippen molar-refractivity contribution in [1.29, 1.82) is 0 Å². The maximum atomic E-state index is 6.17. The number of nitrogens with zero attached hydrogens (tertiary/aromatic N) is 3. The van der Waals surface area contributed by atoms with E-state index in [4.69, 9.17) is 28.9 Å². The Bertz CT molecular complexity index is 612. The van der Waals surface area contributed by atoms with Crippen LogP contribution in [-0.4, -0.2) is 14.8 Å². The molecule has 102 valence electrons. The smallest absolute Gasteiger partial charge is 0.0761 e. The van der Waals surface area contributed by atoms with Gasteiger partial charge in [-0.15, -0.1) is 0 Å². The van der Waals surface area contributed by atoms with E-state index >= 15 is 0 Å². The summed E-state index contributed by atoms with van der Waals surface area (Å²) in [6.45, 7) is 1.94. The molecule has 0 aliphatic carbocycles. The van der Waals surface area contributed by atoms with Gasteiger partial charge >= 0.3 is 0 Å². The number of nitrogens with two attached hydrogens (primary N) is 1. The van der Waals surface area contributed by atoms with E-state index in [9.17, 15) is 0 Å². The Hall–Kier alpha value is -0.620. The normalized spacial score (nSPS) is 12.7. The van der Waals surface area contributed by atoms with Crippen LogP contribution in [0.4, 0.5) is 0 Å². The highest BCUT2D eigenvalue weighted by Gasteiger charge is 2.18.